The van der Waals surface area contributed by atoms with Crippen LogP contribution in [0.15, 0.2) is 24.3 Å². The van der Waals surface area contributed by atoms with Crippen molar-refractivity contribution in [3.63, 3.8) is 0 Å². The predicted octanol–water partition coefficient (Wildman–Crippen LogP) is 2.78. The summed E-state index contributed by atoms with van der Waals surface area (Å²) in [5.41, 5.74) is 0.000674. The number of benzene rings is 1. The second-order valence-electron chi connectivity index (χ2n) is 7.02. The first-order valence-corrected chi connectivity index (χ1v) is 9.85. The summed E-state index contributed by atoms with van der Waals surface area (Å²) in [6.07, 6.45) is -0.577. The van der Waals surface area contributed by atoms with Gasteiger partial charge in [0.05, 0.1) is 17.7 Å². The molecular formula is C19H24N2O6S. The molecular weight excluding hydrogens is 384 g/mol. The molecule has 2 rings (SSSR count). The lowest BCUT2D eigenvalue weighted by Crippen LogP contribution is -2.44. The molecule has 8 nitrogen and oxygen atoms in total. The van der Waals surface area contributed by atoms with E-state index in [1.165, 1.54) is 0 Å². The molecule has 0 unspecified atom stereocenters. The fourth-order valence-corrected chi connectivity index (χ4v) is 3.44. The summed E-state index contributed by atoms with van der Waals surface area (Å²) >= 11 is 0.995. The molecule has 0 spiro atoms. The average molecular weight is 408 g/mol. The van der Waals surface area contributed by atoms with Gasteiger partial charge in [-0.25, -0.2) is 13.9 Å². The van der Waals surface area contributed by atoms with Gasteiger partial charge in [0.2, 0.25) is 0 Å². The van der Waals surface area contributed by atoms with Gasteiger partial charge >= 0.3 is 12.1 Å². The van der Waals surface area contributed by atoms with Gasteiger partial charge in [0.25, 0.3) is 11.8 Å². The second-order valence-corrected chi connectivity index (χ2v) is 8.05. The minimum Gasteiger partial charge on any atom is -0.464 e. The van der Waals surface area contributed by atoms with Crippen LogP contribution in [0.3, 0.4) is 0 Å². The zero-order valence-corrected chi connectivity index (χ0v) is 17.1. The van der Waals surface area contributed by atoms with Crippen molar-refractivity contribution in [1.82, 2.24) is 9.62 Å². The van der Waals surface area contributed by atoms with Crippen LogP contribution in [0, 0.1) is 0 Å². The zero-order chi connectivity index (χ0) is 20.9. The molecule has 9 heteroatoms. The van der Waals surface area contributed by atoms with E-state index >= 15 is 0 Å². The first-order chi connectivity index (χ1) is 13.1. The Morgan fingerprint density at radius 1 is 1.14 bits per heavy atom. The number of hydrogen-bond acceptors (Lipinski definition) is 7. The van der Waals surface area contributed by atoms with Gasteiger partial charge in [0, 0.05) is 5.75 Å². The number of alkyl carbamates (subject to hydrolysis) is 1. The Kier molecular flexibility index (Phi) is 7.06. The molecule has 0 aromatic heterocycles. The Morgan fingerprint density at radius 2 is 1.71 bits per heavy atom. The molecule has 1 aliphatic heterocycles. The molecule has 1 N–H and O–H groups in total. The quantitative estimate of drug-likeness (QED) is 0.420. The van der Waals surface area contributed by atoms with Gasteiger partial charge in [0.1, 0.15) is 11.6 Å². The Bertz CT molecular complexity index is 739. The van der Waals surface area contributed by atoms with Crippen molar-refractivity contribution in [3.8, 4) is 0 Å². The maximum Gasteiger partial charge on any atom is 0.408 e. The van der Waals surface area contributed by atoms with E-state index in [-0.39, 0.29) is 18.8 Å². The minimum atomic E-state index is -0.947. The van der Waals surface area contributed by atoms with Gasteiger partial charge < -0.3 is 14.8 Å². The first-order valence-electron chi connectivity index (χ1n) is 8.91. The monoisotopic (exact) mass is 408 g/mol. The second kappa shape index (κ2) is 9.09. The molecule has 3 amide bonds. The molecule has 0 saturated heterocycles. The van der Waals surface area contributed by atoms with E-state index in [4.69, 9.17) is 9.47 Å². The molecule has 0 aliphatic carbocycles. The Balaban J connectivity index is 1.96. The number of ether oxygens (including phenoxy) is 2. The molecule has 1 aliphatic rings. The van der Waals surface area contributed by atoms with Crippen LogP contribution in [0.4, 0.5) is 4.79 Å². The highest BCUT2D eigenvalue weighted by Gasteiger charge is 2.36. The van der Waals surface area contributed by atoms with Crippen molar-refractivity contribution in [2.24, 2.45) is 0 Å². The van der Waals surface area contributed by atoms with Crippen LogP contribution in [-0.2, 0) is 14.3 Å². The van der Waals surface area contributed by atoms with Crippen LogP contribution in [-0.4, -0.2) is 52.2 Å². The normalized spacial score (nSPS) is 14.5. The van der Waals surface area contributed by atoms with Crippen LogP contribution in [0.1, 0.15) is 54.8 Å². The SMILES string of the molecule is CCOC(=O)[C@H](CCSN1C(=O)c2ccccc2C1=O)NC(=O)OC(C)(C)C. The topological polar surface area (TPSA) is 102 Å². The lowest BCUT2D eigenvalue weighted by molar-refractivity contribution is -0.145. The van der Waals surface area contributed by atoms with E-state index in [0.717, 1.165) is 16.3 Å². The molecule has 0 bridgehead atoms. The smallest absolute Gasteiger partial charge is 0.408 e. The summed E-state index contributed by atoms with van der Waals surface area (Å²) in [5.74, 6) is -1.14. The van der Waals surface area contributed by atoms with Crippen LogP contribution >= 0.6 is 11.9 Å². The number of nitrogens with one attached hydrogen (secondary N) is 1. The molecule has 0 saturated carbocycles. The van der Waals surface area contributed by atoms with Gasteiger partial charge in [0.15, 0.2) is 0 Å². The predicted molar refractivity (Wildman–Crippen MR) is 104 cm³/mol. The number of carbonyl (C=O) groups excluding carboxylic acids is 4. The fourth-order valence-electron chi connectivity index (χ4n) is 2.49. The third-order valence-corrected chi connectivity index (χ3v) is 4.65. The van der Waals surface area contributed by atoms with Gasteiger partial charge in [-0.2, -0.15) is 0 Å². The highest BCUT2D eigenvalue weighted by Crippen LogP contribution is 2.28. The summed E-state index contributed by atoms with van der Waals surface area (Å²) in [6.45, 7) is 6.96. The van der Waals surface area contributed by atoms with Crippen molar-refractivity contribution in [2.75, 3.05) is 12.4 Å². The Hall–Kier alpha value is -2.55. The molecule has 0 fully saturated rings. The highest BCUT2D eigenvalue weighted by molar-refractivity contribution is 7.98. The number of amides is 3. The molecule has 1 aromatic carbocycles. The summed E-state index contributed by atoms with van der Waals surface area (Å²) in [7, 11) is 0. The highest BCUT2D eigenvalue weighted by atomic mass is 32.2. The third-order valence-electron chi connectivity index (χ3n) is 3.65. The van der Waals surface area contributed by atoms with Crippen LogP contribution in [0.25, 0.3) is 0 Å². The van der Waals surface area contributed by atoms with Crippen molar-refractivity contribution < 1.29 is 28.7 Å². The van der Waals surface area contributed by atoms with Gasteiger partial charge in [-0.1, -0.05) is 12.1 Å². The van der Waals surface area contributed by atoms with Crippen molar-refractivity contribution in [3.05, 3.63) is 35.4 Å². The molecule has 1 heterocycles. The Morgan fingerprint density at radius 3 is 2.21 bits per heavy atom. The van der Waals surface area contributed by atoms with E-state index in [1.54, 1.807) is 52.0 Å². The van der Waals surface area contributed by atoms with E-state index < -0.39 is 35.5 Å². The zero-order valence-electron chi connectivity index (χ0n) is 16.3. The molecule has 28 heavy (non-hydrogen) atoms. The maximum absolute atomic E-state index is 12.4. The van der Waals surface area contributed by atoms with Crippen molar-refractivity contribution in [1.29, 1.82) is 0 Å². The van der Waals surface area contributed by atoms with E-state index in [9.17, 15) is 19.2 Å². The standard InChI is InChI=1S/C19H24N2O6S/c1-5-26-17(24)14(20-18(25)27-19(2,3)4)10-11-28-21-15(22)12-8-6-7-9-13(12)16(21)23/h6-9,14H,5,10-11H2,1-4H3,(H,20,25)/t14-/m0/s1. The molecule has 1 aromatic rings. The van der Waals surface area contributed by atoms with E-state index in [0.29, 0.717) is 11.1 Å². The lowest BCUT2D eigenvalue weighted by Gasteiger charge is -2.23. The number of nitrogens with zero attached hydrogens (tertiary/aromatic N) is 1. The molecule has 152 valence electrons. The minimum absolute atomic E-state index is 0.163. The van der Waals surface area contributed by atoms with Gasteiger partial charge in [-0.05, 0) is 58.2 Å². The Labute approximate surface area is 168 Å². The number of fused-ring (bicyclic) bond motifs is 1. The van der Waals surface area contributed by atoms with Crippen LogP contribution in [0.5, 0.6) is 0 Å². The lowest BCUT2D eigenvalue weighted by atomic mass is 10.1. The van der Waals surface area contributed by atoms with Gasteiger partial charge in [-0.3, -0.25) is 9.59 Å². The number of esters is 1. The summed E-state index contributed by atoms with van der Waals surface area (Å²) in [5, 5.41) is 2.49. The average Bonchev–Trinajstić information content (AvgIpc) is 2.84. The van der Waals surface area contributed by atoms with Crippen molar-refractivity contribution >= 4 is 35.8 Å². The molecule has 1 atom stereocenters. The van der Waals surface area contributed by atoms with E-state index in [2.05, 4.69) is 5.32 Å². The number of imide groups is 1. The van der Waals surface area contributed by atoms with Crippen LogP contribution < -0.4 is 5.32 Å². The first kappa shape index (κ1) is 21.7. The third kappa shape index (κ3) is 5.48. The largest absolute Gasteiger partial charge is 0.464 e. The number of rotatable bonds is 7. The summed E-state index contributed by atoms with van der Waals surface area (Å²) < 4.78 is 11.2. The van der Waals surface area contributed by atoms with E-state index in [1.807, 2.05) is 0 Å². The van der Waals surface area contributed by atoms with Crippen LogP contribution in [0.2, 0.25) is 0 Å². The summed E-state index contributed by atoms with van der Waals surface area (Å²) in [4.78, 5) is 48.8. The molecule has 0 radical (unpaired) electrons. The number of hydrogen-bond donors (Lipinski definition) is 1. The summed E-state index contributed by atoms with van der Waals surface area (Å²) in [6, 6.07) is 5.64. The fraction of sp³-hybridized carbons (Fsp3) is 0.474. The number of carbonyl (C=O) groups is 4. The van der Waals surface area contributed by atoms with Crippen molar-refractivity contribution in [2.45, 2.75) is 45.8 Å². The van der Waals surface area contributed by atoms with Gasteiger partial charge in [-0.15, -0.1) is 0 Å². The maximum atomic E-state index is 12.4.